The highest BCUT2D eigenvalue weighted by atomic mass is 32.2. The molecule has 0 spiro atoms. The highest BCUT2D eigenvalue weighted by Crippen LogP contribution is 2.37. The number of nitrogens with two attached hydrogens (primary N) is 1. The Morgan fingerprint density at radius 3 is 2.74 bits per heavy atom. The van der Waals surface area contributed by atoms with Crippen molar-refractivity contribution in [2.45, 2.75) is 26.3 Å². The second-order valence-electron chi connectivity index (χ2n) is 9.66. The molecule has 5 heterocycles. The van der Waals surface area contributed by atoms with Crippen molar-refractivity contribution in [2.75, 3.05) is 24.8 Å². The number of hydrogen-bond donors (Lipinski definition) is 1. The third kappa shape index (κ3) is 4.63. The Balaban J connectivity index is 1.36. The first kappa shape index (κ1) is 25.4. The zero-order valence-corrected chi connectivity index (χ0v) is 22.7. The predicted molar refractivity (Wildman–Crippen MR) is 152 cm³/mol. The maximum atomic E-state index is 13.8. The van der Waals surface area contributed by atoms with Gasteiger partial charge >= 0.3 is 0 Å². The lowest BCUT2D eigenvalue weighted by molar-refractivity contribution is -0.123. The van der Waals surface area contributed by atoms with Crippen LogP contribution in [0.25, 0.3) is 11.7 Å². The summed E-state index contributed by atoms with van der Waals surface area (Å²) >= 11 is 6.71. The molecular formula is C27H25N5O5S2. The highest BCUT2D eigenvalue weighted by Gasteiger charge is 2.34. The molecule has 2 N–H and O–H groups in total. The van der Waals surface area contributed by atoms with E-state index in [1.807, 2.05) is 36.1 Å². The fourth-order valence-corrected chi connectivity index (χ4v) is 6.27. The van der Waals surface area contributed by atoms with Gasteiger partial charge in [-0.2, -0.15) is 0 Å². The van der Waals surface area contributed by atoms with Gasteiger partial charge in [0, 0.05) is 25.2 Å². The SMILES string of the molecule is Cc1cccn2c(=O)c(/C=C3/SC(=S)N(Cc4ccc5c(c4)OCO5)C3=O)c(N3CCC(C(N)=O)CC3)nc12. The number of hydrogen-bond acceptors (Lipinski definition) is 9. The summed E-state index contributed by atoms with van der Waals surface area (Å²) in [4.78, 5) is 47.7. The molecule has 0 radical (unpaired) electrons. The van der Waals surface area contributed by atoms with Crippen LogP contribution in [0.15, 0.2) is 46.2 Å². The van der Waals surface area contributed by atoms with Crippen LogP contribution in [-0.2, 0) is 16.1 Å². The lowest BCUT2D eigenvalue weighted by Crippen LogP contribution is -2.40. The largest absolute Gasteiger partial charge is 0.454 e. The Morgan fingerprint density at radius 2 is 1.97 bits per heavy atom. The normalized spacial score (nSPS) is 18.5. The number of amides is 2. The number of aryl methyl sites for hydroxylation is 1. The molecule has 2 aromatic heterocycles. The zero-order valence-electron chi connectivity index (χ0n) is 21.1. The first-order valence-corrected chi connectivity index (χ1v) is 13.7. The highest BCUT2D eigenvalue weighted by molar-refractivity contribution is 8.26. The lowest BCUT2D eigenvalue weighted by Gasteiger charge is -2.32. The van der Waals surface area contributed by atoms with Crippen LogP contribution in [0.4, 0.5) is 5.82 Å². The van der Waals surface area contributed by atoms with Crippen LogP contribution >= 0.6 is 24.0 Å². The number of primary amides is 1. The number of anilines is 1. The number of piperidine rings is 1. The Hall–Kier alpha value is -3.90. The van der Waals surface area contributed by atoms with E-state index >= 15 is 0 Å². The number of fused-ring (bicyclic) bond motifs is 2. The molecule has 0 saturated carbocycles. The molecule has 10 nitrogen and oxygen atoms in total. The number of aromatic nitrogens is 2. The Morgan fingerprint density at radius 1 is 1.21 bits per heavy atom. The fraction of sp³-hybridized carbons (Fsp3) is 0.296. The van der Waals surface area contributed by atoms with Gasteiger partial charge in [0.25, 0.3) is 11.5 Å². The average Bonchev–Trinajstić information content (AvgIpc) is 3.50. The molecule has 3 aromatic rings. The van der Waals surface area contributed by atoms with E-state index in [1.165, 1.54) is 9.30 Å². The molecule has 0 aliphatic carbocycles. The van der Waals surface area contributed by atoms with Gasteiger partial charge in [-0.1, -0.05) is 36.1 Å². The van der Waals surface area contributed by atoms with E-state index < -0.39 is 0 Å². The molecule has 0 bridgehead atoms. The summed E-state index contributed by atoms with van der Waals surface area (Å²) in [5.74, 6) is 0.969. The van der Waals surface area contributed by atoms with Crippen molar-refractivity contribution in [1.82, 2.24) is 14.3 Å². The van der Waals surface area contributed by atoms with Gasteiger partial charge in [0.2, 0.25) is 12.7 Å². The van der Waals surface area contributed by atoms with Gasteiger partial charge in [0.1, 0.15) is 15.8 Å². The van der Waals surface area contributed by atoms with E-state index in [4.69, 9.17) is 32.4 Å². The Bertz CT molecular complexity index is 1630. The number of carbonyl (C=O) groups excluding carboxylic acids is 2. The molecule has 200 valence electrons. The standard InChI is InChI=1S/C27H25N5O5S2/c1-15-3-2-8-31-23(15)29-24(30-9-6-17(7-10-30)22(28)33)18(25(31)34)12-21-26(35)32(27(38)39-21)13-16-4-5-19-20(11-16)37-14-36-19/h2-5,8,11-12,17H,6-7,9-10,13-14H2,1H3,(H2,28,33)/b21-12+. The summed E-state index contributed by atoms with van der Waals surface area (Å²) in [5.41, 5.74) is 7.79. The van der Waals surface area contributed by atoms with E-state index in [9.17, 15) is 14.4 Å². The van der Waals surface area contributed by atoms with Gasteiger partial charge in [-0.05, 0) is 55.2 Å². The van der Waals surface area contributed by atoms with Crippen LogP contribution in [0.3, 0.4) is 0 Å². The van der Waals surface area contributed by atoms with E-state index in [-0.39, 0.29) is 36.6 Å². The summed E-state index contributed by atoms with van der Waals surface area (Å²) in [7, 11) is 0. The minimum Gasteiger partial charge on any atom is -0.454 e. The van der Waals surface area contributed by atoms with Gasteiger partial charge in [-0.25, -0.2) is 4.98 Å². The topological polar surface area (TPSA) is 119 Å². The molecule has 3 aliphatic heterocycles. The summed E-state index contributed by atoms with van der Waals surface area (Å²) in [5, 5.41) is 0. The average molecular weight is 564 g/mol. The predicted octanol–water partition coefficient (Wildman–Crippen LogP) is 2.83. The molecule has 1 aromatic carbocycles. The maximum absolute atomic E-state index is 13.8. The van der Waals surface area contributed by atoms with Crippen molar-refractivity contribution in [3.8, 4) is 11.5 Å². The van der Waals surface area contributed by atoms with Gasteiger partial charge in [-0.3, -0.25) is 23.7 Å². The number of benzene rings is 1. The van der Waals surface area contributed by atoms with Crippen molar-refractivity contribution >= 4 is 57.7 Å². The van der Waals surface area contributed by atoms with Gasteiger partial charge < -0.3 is 20.1 Å². The third-order valence-electron chi connectivity index (χ3n) is 7.19. The van der Waals surface area contributed by atoms with Crippen LogP contribution in [0.1, 0.15) is 29.5 Å². The molecular weight excluding hydrogens is 538 g/mol. The van der Waals surface area contributed by atoms with Crippen LogP contribution in [-0.4, -0.2) is 50.3 Å². The van der Waals surface area contributed by atoms with Crippen molar-refractivity contribution in [1.29, 1.82) is 0 Å². The van der Waals surface area contributed by atoms with Crippen molar-refractivity contribution in [3.63, 3.8) is 0 Å². The molecule has 12 heteroatoms. The van der Waals surface area contributed by atoms with Crippen LogP contribution < -0.4 is 25.7 Å². The second-order valence-corrected chi connectivity index (χ2v) is 11.3. The molecule has 6 rings (SSSR count). The molecule has 0 unspecified atom stereocenters. The first-order chi connectivity index (χ1) is 18.8. The van der Waals surface area contributed by atoms with Crippen molar-refractivity contribution in [3.05, 3.63) is 68.5 Å². The Labute approximate surface area is 233 Å². The number of thioether (sulfide) groups is 1. The molecule has 2 saturated heterocycles. The number of thiocarbonyl (C=S) groups is 1. The molecule has 39 heavy (non-hydrogen) atoms. The number of nitrogens with zero attached hydrogens (tertiary/aromatic N) is 4. The van der Waals surface area contributed by atoms with Gasteiger partial charge in [0.15, 0.2) is 11.5 Å². The van der Waals surface area contributed by atoms with Gasteiger partial charge in [0.05, 0.1) is 17.0 Å². The van der Waals surface area contributed by atoms with E-state index in [0.29, 0.717) is 63.7 Å². The number of pyridine rings is 1. The third-order valence-corrected chi connectivity index (χ3v) is 8.57. The zero-order chi connectivity index (χ0) is 27.3. The number of rotatable bonds is 5. The molecule has 2 fully saturated rings. The first-order valence-electron chi connectivity index (χ1n) is 12.5. The fourth-order valence-electron chi connectivity index (χ4n) is 5.03. The monoisotopic (exact) mass is 563 g/mol. The second kappa shape index (κ2) is 10.0. The maximum Gasteiger partial charge on any atom is 0.267 e. The number of carbonyl (C=O) groups is 2. The molecule has 0 atom stereocenters. The van der Waals surface area contributed by atoms with E-state index in [1.54, 1.807) is 18.3 Å². The van der Waals surface area contributed by atoms with E-state index in [2.05, 4.69) is 0 Å². The van der Waals surface area contributed by atoms with Gasteiger partial charge in [-0.15, -0.1) is 0 Å². The minimum absolute atomic E-state index is 0.167. The molecule has 3 aliphatic rings. The quantitative estimate of drug-likeness (QED) is 0.369. The smallest absolute Gasteiger partial charge is 0.267 e. The summed E-state index contributed by atoms with van der Waals surface area (Å²) in [6.45, 7) is 3.37. The van der Waals surface area contributed by atoms with Crippen molar-refractivity contribution in [2.24, 2.45) is 11.7 Å². The van der Waals surface area contributed by atoms with Crippen molar-refractivity contribution < 1.29 is 19.1 Å². The Kier molecular flexibility index (Phi) is 6.51. The summed E-state index contributed by atoms with van der Waals surface area (Å²) in [6, 6.07) is 9.19. The summed E-state index contributed by atoms with van der Waals surface area (Å²) in [6.07, 6.45) is 4.41. The van der Waals surface area contributed by atoms with Crippen LogP contribution in [0.5, 0.6) is 11.5 Å². The van der Waals surface area contributed by atoms with E-state index in [0.717, 1.165) is 22.9 Å². The molecule has 2 amide bonds. The number of ether oxygens (including phenoxy) is 2. The van der Waals surface area contributed by atoms with Crippen LogP contribution in [0.2, 0.25) is 0 Å². The lowest BCUT2D eigenvalue weighted by atomic mass is 9.96. The van der Waals surface area contributed by atoms with Crippen LogP contribution in [0, 0.1) is 12.8 Å². The summed E-state index contributed by atoms with van der Waals surface area (Å²) < 4.78 is 12.7. The minimum atomic E-state index is -0.316.